The van der Waals surface area contributed by atoms with E-state index in [2.05, 4.69) is 11.8 Å². The zero-order valence-electron chi connectivity index (χ0n) is 8.42. The van der Waals surface area contributed by atoms with E-state index < -0.39 is 6.17 Å². The Labute approximate surface area is 79.1 Å². The first-order valence-electron chi connectivity index (χ1n) is 5.08. The topological polar surface area (TPSA) is 12.5 Å². The van der Waals surface area contributed by atoms with Gasteiger partial charge in [-0.2, -0.15) is 0 Å². The first-order chi connectivity index (χ1) is 6.18. The highest BCUT2D eigenvalue weighted by molar-refractivity contribution is 5.06. The van der Waals surface area contributed by atoms with Crippen LogP contribution in [0.25, 0.3) is 0 Å². The van der Waals surface area contributed by atoms with Crippen LogP contribution in [-0.4, -0.2) is 42.9 Å². The zero-order chi connectivity index (χ0) is 9.47. The summed E-state index contributed by atoms with van der Waals surface area (Å²) >= 11 is 0. The van der Waals surface area contributed by atoms with E-state index in [1.165, 1.54) is 6.42 Å². The molecule has 2 heterocycles. The van der Waals surface area contributed by atoms with Gasteiger partial charge in [0.2, 0.25) is 0 Å². The van der Waals surface area contributed by atoms with Gasteiger partial charge in [0.15, 0.2) is 0 Å². The van der Waals surface area contributed by atoms with Crippen LogP contribution in [0.5, 0.6) is 0 Å². The van der Waals surface area contributed by atoms with E-state index in [4.69, 9.17) is 4.74 Å². The van der Waals surface area contributed by atoms with Gasteiger partial charge in [-0.05, 0) is 19.8 Å². The maximum absolute atomic E-state index is 13.3. The van der Waals surface area contributed by atoms with E-state index in [-0.39, 0.29) is 5.54 Å². The van der Waals surface area contributed by atoms with Crippen molar-refractivity contribution >= 4 is 0 Å². The third-order valence-corrected chi connectivity index (χ3v) is 3.58. The van der Waals surface area contributed by atoms with Gasteiger partial charge in [0, 0.05) is 31.7 Å². The summed E-state index contributed by atoms with van der Waals surface area (Å²) < 4.78 is 18.5. The fourth-order valence-corrected chi connectivity index (χ4v) is 3.01. The summed E-state index contributed by atoms with van der Waals surface area (Å²) in [4.78, 5) is 2.31. The molecule has 0 saturated carbocycles. The number of nitrogens with zero attached hydrogens (tertiary/aromatic N) is 1. The number of alkyl halides is 1. The van der Waals surface area contributed by atoms with E-state index in [0.29, 0.717) is 25.6 Å². The number of methoxy groups -OCH3 is 1. The largest absolute Gasteiger partial charge is 0.383 e. The van der Waals surface area contributed by atoms with Crippen LogP contribution in [0.3, 0.4) is 0 Å². The SMILES string of the molecule is COC[C@@]12CC[C@@H](C)N1C[C@@H](F)C2. The molecule has 3 heteroatoms. The Morgan fingerprint density at radius 3 is 3.08 bits per heavy atom. The molecule has 76 valence electrons. The van der Waals surface area contributed by atoms with E-state index in [9.17, 15) is 4.39 Å². The number of fused-ring (bicyclic) bond motifs is 1. The first kappa shape index (κ1) is 9.41. The van der Waals surface area contributed by atoms with E-state index in [1.54, 1.807) is 7.11 Å². The normalized spacial score (nSPS) is 45.5. The molecule has 2 rings (SSSR count). The maximum Gasteiger partial charge on any atom is 0.115 e. The number of ether oxygens (including phenoxy) is 1. The Morgan fingerprint density at radius 1 is 1.62 bits per heavy atom. The minimum atomic E-state index is -0.641. The second-order valence-corrected chi connectivity index (χ2v) is 4.50. The van der Waals surface area contributed by atoms with Crippen LogP contribution < -0.4 is 0 Å². The third-order valence-electron chi connectivity index (χ3n) is 3.58. The van der Waals surface area contributed by atoms with Crippen LogP contribution in [0.1, 0.15) is 26.2 Å². The minimum Gasteiger partial charge on any atom is -0.383 e. The molecule has 0 aromatic rings. The second-order valence-electron chi connectivity index (χ2n) is 4.50. The molecule has 2 aliphatic heterocycles. The van der Waals surface area contributed by atoms with Gasteiger partial charge in [0.25, 0.3) is 0 Å². The lowest BCUT2D eigenvalue weighted by atomic mass is 9.95. The molecular weight excluding hydrogens is 169 g/mol. The van der Waals surface area contributed by atoms with Crippen LogP contribution in [0.4, 0.5) is 4.39 Å². The molecule has 2 fully saturated rings. The molecule has 0 spiro atoms. The maximum atomic E-state index is 13.3. The zero-order valence-corrected chi connectivity index (χ0v) is 8.42. The predicted molar refractivity (Wildman–Crippen MR) is 49.5 cm³/mol. The molecule has 0 unspecified atom stereocenters. The summed E-state index contributed by atoms with van der Waals surface area (Å²) in [6, 6.07) is 0.538. The van der Waals surface area contributed by atoms with Crippen molar-refractivity contribution in [1.82, 2.24) is 4.90 Å². The summed E-state index contributed by atoms with van der Waals surface area (Å²) in [5, 5.41) is 0. The van der Waals surface area contributed by atoms with E-state index in [1.807, 2.05) is 0 Å². The lowest BCUT2D eigenvalue weighted by molar-refractivity contribution is 0.0526. The fourth-order valence-electron chi connectivity index (χ4n) is 3.01. The predicted octanol–water partition coefficient (Wildman–Crippen LogP) is 1.60. The summed E-state index contributed by atoms with van der Waals surface area (Å²) in [6.07, 6.45) is 2.32. The van der Waals surface area contributed by atoms with Gasteiger partial charge < -0.3 is 4.74 Å². The Kier molecular flexibility index (Phi) is 2.32. The lowest BCUT2D eigenvalue weighted by Crippen LogP contribution is -2.44. The summed E-state index contributed by atoms with van der Waals surface area (Å²) in [7, 11) is 1.71. The standard InChI is InChI=1S/C10H18FNO/c1-8-3-4-10(7-13-2)5-9(11)6-12(8)10/h8-9H,3-7H2,1-2H3/t8-,9+,10+/m1/s1. The average Bonchev–Trinajstić information content (AvgIpc) is 2.51. The molecule has 2 nitrogen and oxygen atoms in total. The van der Waals surface area contributed by atoms with Crippen molar-refractivity contribution < 1.29 is 9.13 Å². The Bertz CT molecular complexity index is 195. The first-order valence-corrected chi connectivity index (χ1v) is 5.08. The Hall–Kier alpha value is -0.150. The quantitative estimate of drug-likeness (QED) is 0.651. The molecule has 0 aromatic carbocycles. The molecule has 13 heavy (non-hydrogen) atoms. The molecule has 2 saturated heterocycles. The second kappa shape index (κ2) is 3.21. The molecule has 0 amide bonds. The molecule has 0 aliphatic carbocycles. The van der Waals surface area contributed by atoms with Crippen LogP contribution in [-0.2, 0) is 4.74 Å². The van der Waals surface area contributed by atoms with Gasteiger partial charge in [-0.3, -0.25) is 4.90 Å². The van der Waals surface area contributed by atoms with E-state index in [0.717, 1.165) is 6.42 Å². The molecule has 0 bridgehead atoms. The highest BCUT2D eigenvalue weighted by Crippen LogP contribution is 2.43. The highest BCUT2D eigenvalue weighted by atomic mass is 19.1. The number of rotatable bonds is 2. The van der Waals surface area contributed by atoms with Crippen molar-refractivity contribution in [3.05, 3.63) is 0 Å². The molecule has 0 N–H and O–H groups in total. The fraction of sp³-hybridized carbons (Fsp3) is 1.00. The average molecular weight is 187 g/mol. The van der Waals surface area contributed by atoms with Crippen molar-refractivity contribution in [1.29, 1.82) is 0 Å². The Morgan fingerprint density at radius 2 is 2.38 bits per heavy atom. The highest BCUT2D eigenvalue weighted by Gasteiger charge is 2.51. The summed E-state index contributed by atoms with van der Waals surface area (Å²) in [5.41, 5.74) is 0.0353. The van der Waals surface area contributed by atoms with Crippen LogP contribution in [0.2, 0.25) is 0 Å². The Balaban J connectivity index is 2.14. The third kappa shape index (κ3) is 1.38. The van der Waals surface area contributed by atoms with Crippen molar-refractivity contribution in [2.75, 3.05) is 20.3 Å². The van der Waals surface area contributed by atoms with Crippen LogP contribution >= 0.6 is 0 Å². The molecular formula is C10H18FNO. The van der Waals surface area contributed by atoms with E-state index >= 15 is 0 Å². The monoisotopic (exact) mass is 187 g/mol. The van der Waals surface area contributed by atoms with Crippen molar-refractivity contribution in [3.63, 3.8) is 0 Å². The smallest absolute Gasteiger partial charge is 0.115 e. The molecule has 0 aromatic heterocycles. The minimum absolute atomic E-state index is 0.0353. The van der Waals surface area contributed by atoms with Gasteiger partial charge in [-0.15, -0.1) is 0 Å². The molecule has 3 atom stereocenters. The van der Waals surface area contributed by atoms with Gasteiger partial charge in [-0.1, -0.05) is 0 Å². The van der Waals surface area contributed by atoms with Crippen molar-refractivity contribution in [2.45, 2.75) is 43.9 Å². The van der Waals surface area contributed by atoms with Gasteiger partial charge in [-0.25, -0.2) is 4.39 Å². The van der Waals surface area contributed by atoms with Gasteiger partial charge >= 0.3 is 0 Å². The van der Waals surface area contributed by atoms with Crippen molar-refractivity contribution in [3.8, 4) is 0 Å². The van der Waals surface area contributed by atoms with Crippen LogP contribution in [0.15, 0.2) is 0 Å². The lowest BCUT2D eigenvalue weighted by Gasteiger charge is -2.32. The van der Waals surface area contributed by atoms with Gasteiger partial charge in [0.05, 0.1) is 6.61 Å². The molecule has 0 radical (unpaired) electrons. The number of hydrogen-bond acceptors (Lipinski definition) is 2. The van der Waals surface area contributed by atoms with Crippen LogP contribution in [0, 0.1) is 0 Å². The number of hydrogen-bond donors (Lipinski definition) is 0. The molecule has 2 aliphatic rings. The van der Waals surface area contributed by atoms with Crippen molar-refractivity contribution in [2.24, 2.45) is 0 Å². The summed E-state index contributed by atoms with van der Waals surface area (Å²) in [6.45, 7) is 3.50. The summed E-state index contributed by atoms with van der Waals surface area (Å²) in [5.74, 6) is 0. The van der Waals surface area contributed by atoms with Gasteiger partial charge in [0.1, 0.15) is 6.17 Å². The number of halogens is 1.